The van der Waals surface area contributed by atoms with Gasteiger partial charge in [0.1, 0.15) is 5.75 Å². The molecule has 0 heterocycles. The van der Waals surface area contributed by atoms with Gasteiger partial charge < -0.3 is 9.47 Å². The van der Waals surface area contributed by atoms with E-state index in [0.29, 0.717) is 16.3 Å². The van der Waals surface area contributed by atoms with Gasteiger partial charge in [0, 0.05) is 12.7 Å². The van der Waals surface area contributed by atoms with Crippen molar-refractivity contribution in [3.05, 3.63) is 59.1 Å². The fraction of sp³-hybridized carbons (Fsp3) is 0.300. The smallest absolute Gasteiger partial charge is 0.428 e. The number of benzene rings is 2. The third-order valence-corrected chi connectivity index (χ3v) is 4.51. The second-order valence-electron chi connectivity index (χ2n) is 6.36. The molecule has 2 amide bonds. The summed E-state index contributed by atoms with van der Waals surface area (Å²) >= 11 is 16.6. The van der Waals surface area contributed by atoms with Crippen molar-refractivity contribution in [3.63, 3.8) is 0 Å². The number of anilines is 1. The number of carbonyl (C=O) groups is 1. The van der Waals surface area contributed by atoms with Crippen molar-refractivity contribution in [1.29, 1.82) is 0 Å². The van der Waals surface area contributed by atoms with Crippen molar-refractivity contribution >= 4 is 52.4 Å². The molecule has 0 atom stereocenters. The lowest BCUT2D eigenvalue weighted by Gasteiger charge is -2.20. The first-order chi connectivity index (χ1) is 14.0. The molecule has 0 aliphatic rings. The molecule has 0 aliphatic heterocycles. The highest BCUT2D eigenvalue weighted by Crippen LogP contribution is 2.31. The predicted octanol–water partition coefficient (Wildman–Crippen LogP) is 6.54. The summed E-state index contributed by atoms with van der Waals surface area (Å²) in [6.45, 7) is 3.59. The van der Waals surface area contributed by atoms with Crippen LogP contribution >= 0.6 is 34.8 Å². The first kappa shape index (κ1) is 24.2. The lowest BCUT2D eigenvalue weighted by atomic mass is 10.2. The molecule has 0 saturated heterocycles. The normalized spacial score (nSPS) is 12.3. The van der Waals surface area contributed by atoms with Gasteiger partial charge in [-0.3, -0.25) is 4.90 Å². The van der Waals surface area contributed by atoms with Crippen molar-refractivity contribution in [2.24, 2.45) is 4.99 Å². The molecule has 0 N–H and O–H groups in total. The topological polar surface area (TPSA) is 51.1 Å². The van der Waals surface area contributed by atoms with Crippen molar-refractivity contribution < 1.29 is 23.0 Å². The highest BCUT2D eigenvalue weighted by atomic mass is 35.5. The van der Waals surface area contributed by atoms with Gasteiger partial charge in [0.25, 0.3) is 0 Å². The zero-order valence-corrected chi connectivity index (χ0v) is 18.6. The number of nitrogens with zero attached hydrogens (tertiary/aromatic N) is 2. The number of hydrogen-bond donors (Lipinski definition) is 0. The van der Waals surface area contributed by atoms with E-state index >= 15 is 0 Å². The Morgan fingerprint density at radius 2 is 1.70 bits per heavy atom. The molecule has 2 rings (SSSR count). The minimum absolute atomic E-state index is 0.0716. The van der Waals surface area contributed by atoms with Crippen LogP contribution < -0.4 is 9.64 Å². The van der Waals surface area contributed by atoms with E-state index in [1.54, 1.807) is 38.1 Å². The van der Waals surface area contributed by atoms with Gasteiger partial charge >= 0.3 is 12.1 Å². The van der Waals surface area contributed by atoms with Crippen LogP contribution in [0.15, 0.2) is 53.5 Å². The van der Waals surface area contributed by atoms with Crippen LogP contribution in [-0.2, 0) is 4.74 Å². The quantitative estimate of drug-likeness (QED) is 0.268. The third-order valence-electron chi connectivity index (χ3n) is 3.67. The van der Waals surface area contributed by atoms with Crippen LogP contribution in [0.4, 0.5) is 19.3 Å². The van der Waals surface area contributed by atoms with Gasteiger partial charge in [0.05, 0.1) is 16.7 Å². The number of ether oxygens (including phenoxy) is 2. The third kappa shape index (κ3) is 6.45. The second-order valence-corrected chi connectivity index (χ2v) is 7.87. The molecule has 5 nitrogen and oxygen atoms in total. The SMILES string of the molecule is CC(C)O/C(=N\C(=O)N(C)c1ccc(OC(F)(F)C(Cl)Cl)cc1)c1ccccc1Cl. The van der Waals surface area contributed by atoms with E-state index in [1.165, 1.54) is 36.2 Å². The zero-order chi connectivity index (χ0) is 22.5. The van der Waals surface area contributed by atoms with Crippen LogP contribution in [0, 0.1) is 0 Å². The summed E-state index contributed by atoms with van der Waals surface area (Å²) in [5.41, 5.74) is 0.855. The average Bonchev–Trinajstić information content (AvgIpc) is 2.67. The van der Waals surface area contributed by atoms with Crippen LogP contribution in [0.2, 0.25) is 5.02 Å². The van der Waals surface area contributed by atoms with Crippen molar-refractivity contribution in [2.75, 3.05) is 11.9 Å². The molecule has 0 radical (unpaired) electrons. The maximum Gasteiger partial charge on any atom is 0.428 e. The molecule has 0 aromatic heterocycles. The lowest BCUT2D eigenvalue weighted by molar-refractivity contribution is -0.163. The summed E-state index contributed by atoms with van der Waals surface area (Å²) < 4.78 is 37.1. The Balaban J connectivity index is 2.23. The monoisotopic (exact) mass is 478 g/mol. The van der Waals surface area contributed by atoms with E-state index in [0.717, 1.165) is 0 Å². The minimum atomic E-state index is -3.76. The van der Waals surface area contributed by atoms with Gasteiger partial charge in [-0.25, -0.2) is 4.79 Å². The number of hydrogen-bond acceptors (Lipinski definition) is 3. The van der Waals surface area contributed by atoms with Crippen LogP contribution in [0.25, 0.3) is 0 Å². The molecule has 0 bridgehead atoms. The Bertz CT molecular complexity index is 906. The molecular weight excluding hydrogens is 461 g/mol. The van der Waals surface area contributed by atoms with Crippen LogP contribution in [0.5, 0.6) is 5.75 Å². The molecule has 30 heavy (non-hydrogen) atoms. The van der Waals surface area contributed by atoms with Gasteiger partial charge in [0.2, 0.25) is 10.7 Å². The van der Waals surface area contributed by atoms with Crippen molar-refractivity contribution in [3.8, 4) is 5.75 Å². The maximum absolute atomic E-state index is 13.5. The number of aliphatic imine (C=N–C) groups is 1. The molecule has 10 heteroatoms. The van der Waals surface area contributed by atoms with Gasteiger partial charge in [-0.05, 0) is 50.2 Å². The molecule has 2 aromatic carbocycles. The van der Waals surface area contributed by atoms with E-state index in [1.807, 2.05) is 0 Å². The summed E-state index contributed by atoms with van der Waals surface area (Å²) in [5, 5.41) is 0.381. The number of amides is 2. The Morgan fingerprint density at radius 1 is 1.10 bits per heavy atom. The first-order valence-electron chi connectivity index (χ1n) is 8.74. The highest BCUT2D eigenvalue weighted by Gasteiger charge is 2.40. The van der Waals surface area contributed by atoms with E-state index in [-0.39, 0.29) is 17.8 Å². The minimum Gasteiger partial charge on any atom is -0.474 e. The molecule has 2 aromatic rings. The van der Waals surface area contributed by atoms with Gasteiger partial charge in [-0.2, -0.15) is 13.8 Å². The second kappa shape index (κ2) is 10.3. The fourth-order valence-electron chi connectivity index (χ4n) is 2.22. The van der Waals surface area contributed by atoms with E-state index in [9.17, 15) is 13.6 Å². The van der Waals surface area contributed by atoms with Crippen LogP contribution in [0.1, 0.15) is 19.4 Å². The predicted molar refractivity (Wildman–Crippen MR) is 116 cm³/mol. The van der Waals surface area contributed by atoms with E-state index in [4.69, 9.17) is 39.5 Å². The van der Waals surface area contributed by atoms with Crippen LogP contribution in [0.3, 0.4) is 0 Å². The van der Waals surface area contributed by atoms with Crippen LogP contribution in [-0.4, -0.2) is 36.0 Å². The molecule has 0 fully saturated rings. The van der Waals surface area contributed by atoms with Crippen molar-refractivity contribution in [1.82, 2.24) is 0 Å². The van der Waals surface area contributed by atoms with Gasteiger partial charge in [-0.1, -0.05) is 46.9 Å². The Kier molecular flexibility index (Phi) is 8.29. The standard InChI is InChI=1S/C20H19Cl3F2N2O3/c1-12(2)29-17(15-6-4-5-7-16(15)21)26-19(28)27(3)13-8-10-14(11-9-13)30-20(24,25)18(22)23/h4-12,18H,1-3H3/b26-17-. The first-order valence-corrected chi connectivity index (χ1v) is 9.99. The van der Waals surface area contributed by atoms with Gasteiger partial charge in [-0.15, -0.1) is 0 Å². The van der Waals surface area contributed by atoms with E-state index < -0.39 is 17.0 Å². The molecular formula is C20H19Cl3F2N2O3. The number of alkyl halides is 4. The summed E-state index contributed by atoms with van der Waals surface area (Å²) in [6, 6.07) is 11.5. The summed E-state index contributed by atoms with van der Waals surface area (Å²) in [7, 11) is 1.48. The Labute approximate surface area is 188 Å². The molecule has 0 saturated carbocycles. The number of urea groups is 1. The summed E-state index contributed by atoms with van der Waals surface area (Å²) in [6.07, 6.45) is -4.00. The largest absolute Gasteiger partial charge is 0.474 e. The summed E-state index contributed by atoms with van der Waals surface area (Å²) in [5.74, 6) is -0.0957. The zero-order valence-electron chi connectivity index (χ0n) is 16.3. The molecule has 0 unspecified atom stereocenters. The van der Waals surface area contributed by atoms with Gasteiger partial charge in [0.15, 0.2) is 0 Å². The number of rotatable bonds is 6. The Hall–Kier alpha value is -2.09. The molecule has 0 aliphatic carbocycles. The fourth-order valence-corrected chi connectivity index (χ4v) is 2.53. The highest BCUT2D eigenvalue weighted by molar-refractivity contribution is 6.44. The average molecular weight is 480 g/mol. The lowest BCUT2D eigenvalue weighted by Crippen LogP contribution is -2.32. The van der Waals surface area contributed by atoms with Crippen molar-refractivity contribution in [2.45, 2.75) is 30.9 Å². The maximum atomic E-state index is 13.5. The Morgan fingerprint density at radius 3 is 2.23 bits per heavy atom. The van der Waals surface area contributed by atoms with E-state index in [2.05, 4.69) is 9.73 Å². The molecule has 162 valence electrons. The number of halogens is 5. The molecule has 0 spiro atoms. The number of carbonyl (C=O) groups excluding carboxylic acids is 1. The summed E-state index contributed by atoms with van der Waals surface area (Å²) in [4.78, 5) is 15.9.